The van der Waals surface area contributed by atoms with Gasteiger partial charge in [-0.25, -0.2) is 19.4 Å². The van der Waals surface area contributed by atoms with Crippen LogP contribution < -0.4 is 15.4 Å². The lowest BCUT2D eigenvalue weighted by Crippen LogP contribution is -2.71. The first-order valence-electron chi connectivity index (χ1n) is 17.3. The van der Waals surface area contributed by atoms with Crippen molar-refractivity contribution in [3.63, 3.8) is 0 Å². The van der Waals surface area contributed by atoms with E-state index in [1.807, 2.05) is 18.2 Å². The maximum atomic E-state index is 14.1. The molecule has 2 aromatic carbocycles. The second-order valence-electron chi connectivity index (χ2n) is 14.0. The number of nitrogens with zero attached hydrogens (tertiary/aromatic N) is 3. The van der Waals surface area contributed by atoms with Crippen molar-refractivity contribution in [3.8, 4) is 5.75 Å². The minimum atomic E-state index is -1.66. The Morgan fingerprint density at radius 3 is 2.29 bits per heavy atom. The minimum absolute atomic E-state index is 0.0119. The van der Waals surface area contributed by atoms with Crippen LogP contribution >= 0.6 is 34.7 Å². The number of nitrogens with one attached hydrogen (secondary N) is 2. The summed E-state index contributed by atoms with van der Waals surface area (Å²) in [5, 5.41) is 8.74. The van der Waals surface area contributed by atoms with Gasteiger partial charge in [0, 0.05) is 16.5 Å². The van der Waals surface area contributed by atoms with E-state index in [9.17, 15) is 24.0 Å². The number of amides is 3. The number of methoxy groups -OCH3 is 1. The van der Waals surface area contributed by atoms with Crippen molar-refractivity contribution >= 4 is 75.4 Å². The molecule has 3 heterocycles. The van der Waals surface area contributed by atoms with Crippen molar-refractivity contribution in [1.29, 1.82) is 0 Å². The predicted octanol–water partition coefficient (Wildman–Crippen LogP) is 5.69. The van der Waals surface area contributed by atoms with Crippen LogP contribution in [-0.2, 0) is 51.4 Å². The maximum absolute atomic E-state index is 14.1. The summed E-state index contributed by atoms with van der Waals surface area (Å²) in [5.41, 5.74) is -0.852. The van der Waals surface area contributed by atoms with Crippen LogP contribution in [0, 0.1) is 6.92 Å². The average Bonchev–Trinajstić information content (AvgIpc) is 3.52. The highest BCUT2D eigenvalue weighted by Crippen LogP contribution is 2.41. The number of carbonyl (C=O) groups is 5. The number of carbonyl (C=O) groups excluding carboxylic acids is 5. The van der Waals surface area contributed by atoms with Gasteiger partial charge < -0.3 is 29.1 Å². The number of hydrogen-bond donors (Lipinski definition) is 2. The van der Waals surface area contributed by atoms with E-state index in [1.54, 1.807) is 71.2 Å². The van der Waals surface area contributed by atoms with Crippen LogP contribution in [0.4, 0.5) is 9.93 Å². The molecule has 15 nitrogen and oxygen atoms in total. The normalized spacial score (nSPS) is 17.0. The van der Waals surface area contributed by atoms with Crippen LogP contribution in [0.2, 0.25) is 0 Å². The number of hydrogen-bond acceptors (Lipinski definition) is 14. The van der Waals surface area contributed by atoms with Gasteiger partial charge in [-0.05, 0) is 70.4 Å². The van der Waals surface area contributed by atoms with Crippen molar-refractivity contribution in [2.75, 3.05) is 24.1 Å². The Balaban J connectivity index is 1.34. The number of ether oxygens (including phenoxy) is 4. The van der Waals surface area contributed by atoms with Crippen LogP contribution in [0.25, 0.3) is 0 Å². The van der Waals surface area contributed by atoms with Crippen LogP contribution in [0.3, 0.4) is 0 Å². The zero-order chi connectivity index (χ0) is 40.8. The quantitative estimate of drug-likeness (QED) is 0.0507. The lowest BCUT2D eigenvalue weighted by atomic mass is 10.0. The third-order valence-corrected chi connectivity index (χ3v) is 10.7. The van der Waals surface area contributed by atoms with E-state index < -0.39 is 52.5 Å². The van der Waals surface area contributed by atoms with Crippen molar-refractivity contribution in [1.82, 2.24) is 15.2 Å². The molecule has 1 aromatic heterocycles. The molecule has 0 saturated carbocycles. The largest absolute Gasteiger partial charge is 0.497 e. The lowest BCUT2D eigenvalue weighted by Gasteiger charge is -2.49. The van der Waals surface area contributed by atoms with Crippen molar-refractivity contribution < 1.29 is 47.8 Å². The number of aromatic nitrogens is 1. The fraction of sp³-hybridized carbons (Fsp3) is 0.395. The lowest BCUT2D eigenvalue weighted by molar-refractivity contribution is -0.179. The first-order chi connectivity index (χ1) is 26.5. The van der Waals surface area contributed by atoms with Gasteiger partial charge in [-0.1, -0.05) is 47.6 Å². The molecular formula is C38H42ClN5O10S2. The molecule has 0 bridgehead atoms. The van der Waals surface area contributed by atoms with E-state index in [2.05, 4.69) is 20.8 Å². The molecule has 2 aliphatic heterocycles. The standard InChI is InChI=1S/C38H42ClN5O10S2/c1-21-26(41-35(56-21)42-36(49)52-19-22-11-9-8-10-12-22)27(43-54-38(5,6)34(48)53-37(2,3)4)30(45)40-28-31(46)44-29(24(17-39)20-55-32(28)44)33(47)51-18-23-13-15-25(50-7)16-14-23/h8-16,28,32H,17-20H2,1-7H3,(H,40,45)(H,41,42,49)/b43-27-. The number of alkyl halides is 1. The van der Waals surface area contributed by atoms with Gasteiger partial charge in [0.1, 0.15) is 47.4 Å². The molecule has 56 heavy (non-hydrogen) atoms. The SMILES string of the molecule is COc1ccc(COC(=O)C2=C(CCl)CSC3C(NC(=O)/C(=N\OC(C)(C)C(=O)OC(C)(C)C)c4nc(NC(=O)OCc5ccccc5)sc4C)C(=O)N23)cc1. The molecule has 2 aliphatic rings. The Morgan fingerprint density at radius 1 is 0.982 bits per heavy atom. The van der Waals surface area contributed by atoms with Crippen molar-refractivity contribution in [2.24, 2.45) is 5.16 Å². The van der Waals surface area contributed by atoms with E-state index in [-0.39, 0.29) is 41.3 Å². The molecule has 2 unspecified atom stereocenters. The van der Waals surface area contributed by atoms with Crippen molar-refractivity contribution in [3.05, 3.63) is 87.6 Å². The number of aryl methyl sites for hydroxylation is 1. The number of fused-ring (bicyclic) bond motifs is 1. The second-order valence-corrected chi connectivity index (χ2v) is 16.6. The molecule has 0 spiro atoms. The molecule has 1 fully saturated rings. The number of esters is 2. The Morgan fingerprint density at radius 2 is 1.64 bits per heavy atom. The molecule has 0 aliphatic carbocycles. The first kappa shape index (κ1) is 42.0. The topological polar surface area (TPSA) is 184 Å². The van der Waals surface area contributed by atoms with Crippen LogP contribution in [0.1, 0.15) is 56.3 Å². The molecule has 18 heteroatoms. The highest BCUT2D eigenvalue weighted by molar-refractivity contribution is 8.00. The zero-order valence-electron chi connectivity index (χ0n) is 31.8. The van der Waals surface area contributed by atoms with Gasteiger partial charge in [0.2, 0.25) is 5.60 Å². The Kier molecular flexibility index (Phi) is 13.3. The fourth-order valence-corrected chi connectivity index (χ4v) is 7.71. The highest BCUT2D eigenvalue weighted by Gasteiger charge is 2.54. The first-order valence-corrected chi connectivity index (χ1v) is 19.7. The van der Waals surface area contributed by atoms with Gasteiger partial charge in [-0.15, -0.1) is 34.7 Å². The molecule has 298 valence electrons. The van der Waals surface area contributed by atoms with Gasteiger partial charge >= 0.3 is 18.0 Å². The summed E-state index contributed by atoms with van der Waals surface area (Å²) in [4.78, 5) is 78.5. The molecule has 0 radical (unpaired) electrons. The second kappa shape index (κ2) is 17.8. The molecule has 3 amide bonds. The highest BCUT2D eigenvalue weighted by atomic mass is 35.5. The molecule has 2 N–H and O–H groups in total. The molecule has 5 rings (SSSR count). The summed E-state index contributed by atoms with van der Waals surface area (Å²) in [6.07, 6.45) is -0.781. The molecule has 2 atom stereocenters. The van der Waals surface area contributed by atoms with Crippen LogP contribution in [0.5, 0.6) is 5.75 Å². The third-order valence-electron chi connectivity index (χ3n) is 8.13. The Labute approximate surface area is 337 Å². The fourth-order valence-electron chi connectivity index (χ4n) is 5.23. The average molecular weight is 828 g/mol. The number of rotatable bonds is 14. The smallest absolute Gasteiger partial charge is 0.413 e. The number of oxime groups is 1. The van der Waals surface area contributed by atoms with E-state index in [0.29, 0.717) is 27.5 Å². The molecule has 1 saturated heterocycles. The third kappa shape index (κ3) is 10.2. The van der Waals surface area contributed by atoms with E-state index in [0.717, 1.165) is 16.9 Å². The monoisotopic (exact) mass is 827 g/mol. The summed E-state index contributed by atoms with van der Waals surface area (Å²) in [6, 6.07) is 15.0. The summed E-state index contributed by atoms with van der Waals surface area (Å²) in [7, 11) is 1.55. The summed E-state index contributed by atoms with van der Waals surface area (Å²) < 4.78 is 21.5. The maximum Gasteiger partial charge on any atom is 0.413 e. The van der Waals surface area contributed by atoms with Crippen molar-refractivity contribution in [2.45, 2.75) is 77.4 Å². The summed E-state index contributed by atoms with van der Waals surface area (Å²) >= 11 is 8.55. The number of thiazole rings is 1. The summed E-state index contributed by atoms with van der Waals surface area (Å²) in [5.74, 6) is -2.01. The Hall–Kier alpha value is -5.13. The molecule has 3 aromatic rings. The predicted molar refractivity (Wildman–Crippen MR) is 210 cm³/mol. The number of thioether (sulfide) groups is 1. The minimum Gasteiger partial charge on any atom is -0.497 e. The van der Waals surface area contributed by atoms with E-state index in [1.165, 1.54) is 30.5 Å². The van der Waals surface area contributed by atoms with Crippen LogP contribution in [0.15, 0.2) is 71.0 Å². The summed E-state index contributed by atoms with van der Waals surface area (Å²) in [6.45, 7) is 9.53. The number of anilines is 1. The number of halogens is 1. The van der Waals surface area contributed by atoms with Gasteiger partial charge in [0.25, 0.3) is 11.8 Å². The number of β-lactam (4-membered cyclic amide) rings is 1. The van der Waals surface area contributed by atoms with Crippen LogP contribution in [-0.4, -0.2) is 86.8 Å². The number of benzene rings is 2. The zero-order valence-corrected chi connectivity index (χ0v) is 34.2. The van der Waals surface area contributed by atoms with Gasteiger partial charge in [0.15, 0.2) is 10.8 Å². The van der Waals surface area contributed by atoms with E-state index >= 15 is 0 Å². The van der Waals surface area contributed by atoms with Gasteiger partial charge in [-0.3, -0.25) is 19.8 Å². The molecular weight excluding hydrogens is 786 g/mol. The van der Waals surface area contributed by atoms with Gasteiger partial charge in [-0.2, -0.15) is 0 Å². The van der Waals surface area contributed by atoms with Gasteiger partial charge in [0.05, 0.1) is 7.11 Å². The Bertz CT molecular complexity index is 2030. The van der Waals surface area contributed by atoms with E-state index in [4.69, 9.17) is 35.4 Å².